The summed E-state index contributed by atoms with van der Waals surface area (Å²) < 4.78 is 16.3. The van der Waals surface area contributed by atoms with Crippen molar-refractivity contribution in [3.05, 3.63) is 59.7 Å². The first-order chi connectivity index (χ1) is 14.3. The summed E-state index contributed by atoms with van der Waals surface area (Å²) in [6.45, 7) is 5.58. The van der Waals surface area contributed by atoms with E-state index in [0.29, 0.717) is 37.1 Å². The van der Waals surface area contributed by atoms with Crippen LogP contribution in [0.4, 0.5) is 0 Å². The molecule has 0 amide bonds. The molecule has 30 heavy (non-hydrogen) atoms. The fourth-order valence-electron chi connectivity index (χ4n) is 3.13. The first-order valence-corrected chi connectivity index (χ1v) is 11.9. The van der Waals surface area contributed by atoms with Crippen LogP contribution in [0.15, 0.2) is 53.1 Å². The number of aromatic nitrogens is 2. The zero-order valence-electron chi connectivity index (χ0n) is 17.3. The lowest BCUT2D eigenvalue weighted by molar-refractivity contribution is 0.371. The van der Waals surface area contributed by atoms with E-state index in [-0.39, 0.29) is 6.16 Å². The fourth-order valence-corrected chi connectivity index (χ4v) is 3.70. The van der Waals surface area contributed by atoms with Gasteiger partial charge in [0.05, 0.1) is 6.16 Å². The van der Waals surface area contributed by atoms with Gasteiger partial charge in [-0.25, -0.2) is 0 Å². The molecule has 1 aromatic heterocycles. The topological polar surface area (TPSA) is 108 Å². The maximum Gasteiger partial charge on any atom is 0.325 e. The van der Waals surface area contributed by atoms with Crippen LogP contribution in [0.5, 0.6) is 0 Å². The number of benzene rings is 2. The van der Waals surface area contributed by atoms with E-state index in [1.165, 1.54) is 5.56 Å². The van der Waals surface area contributed by atoms with Gasteiger partial charge < -0.3 is 19.6 Å². The third-order valence-electron chi connectivity index (χ3n) is 4.62. The summed E-state index contributed by atoms with van der Waals surface area (Å²) in [7, 11) is -3.91. The van der Waals surface area contributed by atoms with E-state index in [0.717, 1.165) is 23.1 Å². The molecule has 0 fully saturated rings. The average molecular weight is 429 g/mol. The minimum Gasteiger partial charge on any atom is -0.334 e. The molecule has 7 nitrogen and oxygen atoms in total. The number of nitrogens with one attached hydrogen (secondary N) is 1. The zero-order valence-corrected chi connectivity index (χ0v) is 18.2. The summed E-state index contributed by atoms with van der Waals surface area (Å²) in [6, 6.07) is 16.0. The highest BCUT2D eigenvalue weighted by molar-refractivity contribution is 7.51. The van der Waals surface area contributed by atoms with Gasteiger partial charge in [-0.2, -0.15) is 4.98 Å². The molecule has 0 saturated heterocycles. The SMILES string of the molecule is CC(C)Cc1ccc(-c2nc(-c3ccc(CNCCCP(=O)(O)O)cc3)no2)cc1. The van der Waals surface area contributed by atoms with Crippen LogP contribution in [0.25, 0.3) is 22.8 Å². The third-order valence-corrected chi connectivity index (χ3v) is 5.51. The molecule has 0 aliphatic carbocycles. The molecule has 160 valence electrons. The van der Waals surface area contributed by atoms with Gasteiger partial charge in [-0.1, -0.05) is 55.4 Å². The van der Waals surface area contributed by atoms with Gasteiger partial charge in [-0.3, -0.25) is 4.57 Å². The maximum atomic E-state index is 10.8. The number of hydrogen-bond acceptors (Lipinski definition) is 5. The molecule has 0 aliphatic heterocycles. The first kappa shape index (κ1) is 22.4. The van der Waals surface area contributed by atoms with Gasteiger partial charge in [0.1, 0.15) is 0 Å². The highest BCUT2D eigenvalue weighted by atomic mass is 31.2. The molecule has 2 aromatic carbocycles. The Morgan fingerprint density at radius 2 is 1.63 bits per heavy atom. The Morgan fingerprint density at radius 3 is 2.27 bits per heavy atom. The van der Waals surface area contributed by atoms with Crippen molar-refractivity contribution in [3.8, 4) is 22.8 Å². The van der Waals surface area contributed by atoms with E-state index in [1.54, 1.807) is 0 Å². The quantitative estimate of drug-likeness (QED) is 0.326. The van der Waals surface area contributed by atoms with Crippen molar-refractivity contribution in [1.82, 2.24) is 15.5 Å². The van der Waals surface area contributed by atoms with E-state index in [4.69, 9.17) is 14.3 Å². The van der Waals surface area contributed by atoms with Crippen molar-refractivity contribution in [2.45, 2.75) is 33.2 Å². The molecule has 1 heterocycles. The van der Waals surface area contributed by atoms with Crippen molar-refractivity contribution in [2.24, 2.45) is 5.92 Å². The van der Waals surface area contributed by atoms with Crippen LogP contribution in [0, 0.1) is 5.92 Å². The molecule has 0 spiro atoms. The summed E-state index contributed by atoms with van der Waals surface area (Å²) in [4.78, 5) is 22.2. The Hall–Kier alpha value is -2.31. The lowest BCUT2D eigenvalue weighted by atomic mass is 10.0. The summed E-state index contributed by atoms with van der Waals surface area (Å²) in [5.41, 5.74) is 4.13. The third kappa shape index (κ3) is 6.89. The Morgan fingerprint density at radius 1 is 1.00 bits per heavy atom. The van der Waals surface area contributed by atoms with Gasteiger partial charge in [0.2, 0.25) is 5.82 Å². The molecule has 3 aromatic rings. The van der Waals surface area contributed by atoms with Crippen molar-refractivity contribution in [2.75, 3.05) is 12.7 Å². The maximum absolute atomic E-state index is 10.8. The van der Waals surface area contributed by atoms with E-state index in [9.17, 15) is 4.57 Å². The second-order valence-electron chi connectivity index (χ2n) is 7.83. The minimum absolute atomic E-state index is 0.0977. The molecule has 0 aliphatic rings. The standard InChI is InChI=1S/C22H28N3O4P/c1-16(2)14-17-4-10-20(11-5-17)22-24-21(25-29-22)19-8-6-18(7-9-19)15-23-12-3-13-30(26,27)28/h4-11,16,23H,3,12-15H2,1-2H3,(H2,26,27,28). The van der Waals surface area contributed by atoms with Crippen molar-refractivity contribution < 1.29 is 18.9 Å². The fraction of sp³-hybridized carbons (Fsp3) is 0.364. The zero-order chi connectivity index (χ0) is 21.6. The largest absolute Gasteiger partial charge is 0.334 e. The van der Waals surface area contributed by atoms with Gasteiger partial charge in [-0.15, -0.1) is 0 Å². The number of rotatable bonds is 10. The van der Waals surface area contributed by atoms with Crippen molar-refractivity contribution in [1.29, 1.82) is 0 Å². The molecule has 0 atom stereocenters. The molecule has 0 radical (unpaired) electrons. The van der Waals surface area contributed by atoms with Crippen LogP contribution in [-0.4, -0.2) is 32.6 Å². The molecule has 0 bridgehead atoms. The summed E-state index contributed by atoms with van der Waals surface area (Å²) in [5.74, 6) is 1.65. The highest BCUT2D eigenvalue weighted by Crippen LogP contribution is 2.34. The summed E-state index contributed by atoms with van der Waals surface area (Å²) in [6.07, 6.45) is 1.38. The monoisotopic (exact) mass is 429 g/mol. The lowest BCUT2D eigenvalue weighted by Gasteiger charge is -2.06. The number of hydrogen-bond donors (Lipinski definition) is 3. The Balaban J connectivity index is 1.56. The summed E-state index contributed by atoms with van der Waals surface area (Å²) >= 11 is 0. The van der Waals surface area contributed by atoms with Gasteiger partial charge in [0, 0.05) is 17.7 Å². The number of nitrogens with zero attached hydrogens (tertiary/aromatic N) is 2. The van der Waals surface area contributed by atoms with E-state index < -0.39 is 7.60 Å². The molecular formula is C22H28N3O4P. The van der Waals surface area contributed by atoms with Crippen molar-refractivity contribution in [3.63, 3.8) is 0 Å². The Labute approximate surface area is 176 Å². The molecule has 0 saturated carbocycles. The molecule has 8 heteroatoms. The summed E-state index contributed by atoms with van der Waals surface area (Å²) in [5, 5.41) is 7.28. The molecular weight excluding hydrogens is 401 g/mol. The van der Waals surface area contributed by atoms with Gasteiger partial charge in [0.25, 0.3) is 5.89 Å². The lowest BCUT2D eigenvalue weighted by Crippen LogP contribution is -2.15. The highest BCUT2D eigenvalue weighted by Gasteiger charge is 2.12. The molecule has 0 unspecified atom stereocenters. The van der Waals surface area contributed by atoms with Crippen LogP contribution in [-0.2, 0) is 17.5 Å². The normalized spacial score (nSPS) is 11.9. The van der Waals surface area contributed by atoms with Crippen LogP contribution in [0.3, 0.4) is 0 Å². The first-order valence-electron chi connectivity index (χ1n) is 10.1. The molecule has 3 rings (SSSR count). The van der Waals surface area contributed by atoms with Crippen LogP contribution < -0.4 is 5.32 Å². The predicted molar refractivity (Wildman–Crippen MR) is 117 cm³/mol. The second-order valence-corrected chi connectivity index (χ2v) is 9.61. The smallest absolute Gasteiger partial charge is 0.325 e. The Bertz CT molecular complexity index is 978. The average Bonchev–Trinajstić information content (AvgIpc) is 3.18. The second kappa shape index (κ2) is 10.1. The van der Waals surface area contributed by atoms with Gasteiger partial charge in [0.15, 0.2) is 0 Å². The van der Waals surface area contributed by atoms with E-state index >= 15 is 0 Å². The molecule has 3 N–H and O–H groups in total. The van der Waals surface area contributed by atoms with Gasteiger partial charge in [-0.05, 0) is 48.6 Å². The van der Waals surface area contributed by atoms with Crippen molar-refractivity contribution >= 4 is 7.60 Å². The van der Waals surface area contributed by atoms with Crippen LogP contribution in [0.1, 0.15) is 31.4 Å². The van der Waals surface area contributed by atoms with Crippen LogP contribution >= 0.6 is 7.60 Å². The minimum atomic E-state index is -3.91. The Kier molecular flexibility index (Phi) is 7.56. The van der Waals surface area contributed by atoms with Crippen LogP contribution in [0.2, 0.25) is 0 Å². The van der Waals surface area contributed by atoms with Gasteiger partial charge >= 0.3 is 7.60 Å². The van der Waals surface area contributed by atoms with E-state index in [2.05, 4.69) is 41.4 Å². The predicted octanol–water partition coefficient (Wildman–Crippen LogP) is 4.26. The van der Waals surface area contributed by atoms with E-state index in [1.807, 2.05) is 36.4 Å².